The largest absolute Gasteiger partial charge is 0.324 e. The van der Waals surface area contributed by atoms with Crippen LogP contribution >= 0.6 is 11.8 Å². The second-order valence-electron chi connectivity index (χ2n) is 4.56. The molecule has 0 radical (unpaired) electrons. The van der Waals surface area contributed by atoms with Crippen LogP contribution in [0, 0.1) is 0 Å². The van der Waals surface area contributed by atoms with Crippen LogP contribution in [0.1, 0.15) is 12.0 Å². The summed E-state index contributed by atoms with van der Waals surface area (Å²) < 4.78 is 0. The van der Waals surface area contributed by atoms with Crippen molar-refractivity contribution < 1.29 is 4.79 Å². The van der Waals surface area contributed by atoms with Gasteiger partial charge in [-0.25, -0.2) is 0 Å². The normalized spacial score (nSPS) is 18.3. The van der Waals surface area contributed by atoms with Gasteiger partial charge in [-0.2, -0.15) is 11.8 Å². The van der Waals surface area contributed by atoms with Crippen molar-refractivity contribution in [3.05, 3.63) is 42.5 Å². The van der Waals surface area contributed by atoms with Crippen molar-refractivity contribution in [1.82, 2.24) is 5.32 Å². The molecule has 0 saturated carbocycles. The monoisotopic (exact) mass is 276 g/mol. The highest BCUT2D eigenvalue weighted by Crippen LogP contribution is 2.21. The van der Waals surface area contributed by atoms with E-state index in [1.165, 1.54) is 5.56 Å². The molecule has 1 aromatic rings. The van der Waals surface area contributed by atoms with Gasteiger partial charge in [0.2, 0.25) is 5.91 Å². The Morgan fingerprint density at radius 2 is 2.32 bits per heavy atom. The summed E-state index contributed by atoms with van der Waals surface area (Å²) in [6, 6.07) is 7.94. The number of para-hydroxylation sites is 1. The zero-order valence-corrected chi connectivity index (χ0v) is 11.8. The smallest absolute Gasteiger partial charge is 0.241 e. The van der Waals surface area contributed by atoms with E-state index >= 15 is 0 Å². The molecule has 0 bridgehead atoms. The van der Waals surface area contributed by atoms with Crippen molar-refractivity contribution in [2.75, 3.05) is 23.4 Å². The molecule has 3 nitrogen and oxygen atoms in total. The van der Waals surface area contributed by atoms with Crippen LogP contribution in [-0.4, -0.2) is 30.0 Å². The number of benzene rings is 1. The molecule has 2 rings (SSSR count). The number of anilines is 1. The highest BCUT2D eigenvalue weighted by Gasteiger charge is 2.22. The second kappa shape index (κ2) is 7.36. The lowest BCUT2D eigenvalue weighted by molar-refractivity contribution is -0.118. The average Bonchev–Trinajstić information content (AvgIpc) is 2.58. The lowest BCUT2D eigenvalue weighted by Gasteiger charge is -2.14. The van der Waals surface area contributed by atoms with Gasteiger partial charge in [-0.05, 0) is 24.5 Å². The zero-order valence-electron chi connectivity index (χ0n) is 11.0. The molecule has 1 aliphatic rings. The first-order valence-electron chi connectivity index (χ1n) is 6.62. The van der Waals surface area contributed by atoms with Gasteiger partial charge in [0.25, 0.3) is 0 Å². The highest BCUT2D eigenvalue weighted by atomic mass is 32.2. The van der Waals surface area contributed by atoms with E-state index in [0.717, 1.165) is 36.6 Å². The van der Waals surface area contributed by atoms with Gasteiger partial charge >= 0.3 is 0 Å². The number of amides is 1. The van der Waals surface area contributed by atoms with Crippen LogP contribution in [0.2, 0.25) is 0 Å². The number of fused-ring (bicyclic) bond motifs is 1. The van der Waals surface area contributed by atoms with Crippen LogP contribution in [0.25, 0.3) is 0 Å². The minimum atomic E-state index is -0.0864. The fourth-order valence-corrected chi connectivity index (χ4v) is 2.77. The predicted octanol–water partition coefficient (Wildman–Crippen LogP) is 2.45. The lowest BCUT2D eigenvalue weighted by atomic mass is 10.1. The Balaban J connectivity index is 1.84. The molecule has 2 N–H and O–H groups in total. The van der Waals surface area contributed by atoms with Crippen LogP contribution < -0.4 is 10.6 Å². The van der Waals surface area contributed by atoms with Crippen LogP contribution in [0.4, 0.5) is 5.69 Å². The molecule has 4 heteroatoms. The van der Waals surface area contributed by atoms with Crippen LogP contribution in [0.15, 0.2) is 36.9 Å². The van der Waals surface area contributed by atoms with E-state index < -0.39 is 0 Å². The molecule has 1 aliphatic heterocycles. The lowest BCUT2D eigenvalue weighted by Crippen LogP contribution is -2.40. The van der Waals surface area contributed by atoms with Crippen molar-refractivity contribution in [3.63, 3.8) is 0 Å². The van der Waals surface area contributed by atoms with Gasteiger partial charge in [0.05, 0.1) is 6.04 Å². The fraction of sp³-hybridized carbons (Fsp3) is 0.400. The quantitative estimate of drug-likeness (QED) is 0.619. The molecule has 19 heavy (non-hydrogen) atoms. The molecule has 1 heterocycles. The zero-order chi connectivity index (χ0) is 13.5. The van der Waals surface area contributed by atoms with Crippen molar-refractivity contribution in [2.45, 2.75) is 18.9 Å². The van der Waals surface area contributed by atoms with E-state index in [2.05, 4.69) is 23.3 Å². The molecule has 1 unspecified atom stereocenters. The summed E-state index contributed by atoms with van der Waals surface area (Å²) in [6.07, 6.45) is 3.70. The van der Waals surface area contributed by atoms with E-state index in [1.54, 1.807) is 0 Å². The van der Waals surface area contributed by atoms with E-state index in [-0.39, 0.29) is 11.9 Å². The maximum Gasteiger partial charge on any atom is 0.241 e. The Kier molecular flexibility index (Phi) is 5.48. The molecular weight excluding hydrogens is 256 g/mol. The van der Waals surface area contributed by atoms with Crippen LogP contribution in [0.5, 0.6) is 0 Å². The van der Waals surface area contributed by atoms with Crippen molar-refractivity contribution in [2.24, 2.45) is 0 Å². The fourth-order valence-electron chi connectivity index (χ4n) is 2.18. The first-order valence-corrected chi connectivity index (χ1v) is 7.77. The maximum atomic E-state index is 12.1. The van der Waals surface area contributed by atoms with Crippen LogP contribution in [-0.2, 0) is 11.2 Å². The molecule has 0 saturated heterocycles. The molecule has 1 aromatic carbocycles. The highest BCUT2D eigenvalue weighted by molar-refractivity contribution is 7.99. The first-order chi connectivity index (χ1) is 9.31. The number of thioether (sulfide) groups is 1. The summed E-state index contributed by atoms with van der Waals surface area (Å²) in [4.78, 5) is 12.1. The standard InChI is InChI=1S/C15H20N2OS/c1-2-10-19-11-9-16-14-8-7-12-5-3-4-6-13(12)17-15(14)18/h2-6,14,16H,1,7-11H2,(H,17,18). The molecule has 0 fully saturated rings. The number of hydrogen-bond donors (Lipinski definition) is 2. The first kappa shape index (κ1) is 14.2. The summed E-state index contributed by atoms with van der Waals surface area (Å²) in [5.41, 5.74) is 2.18. The van der Waals surface area contributed by atoms with E-state index in [0.29, 0.717) is 0 Å². The molecule has 0 spiro atoms. The summed E-state index contributed by atoms with van der Waals surface area (Å²) in [6.45, 7) is 4.54. The Labute approximate surface area is 118 Å². The van der Waals surface area contributed by atoms with Crippen molar-refractivity contribution in [3.8, 4) is 0 Å². The molecule has 102 valence electrons. The number of aryl methyl sites for hydroxylation is 1. The Morgan fingerprint density at radius 3 is 3.16 bits per heavy atom. The van der Waals surface area contributed by atoms with Gasteiger partial charge in [-0.3, -0.25) is 4.79 Å². The van der Waals surface area contributed by atoms with E-state index in [1.807, 2.05) is 36.0 Å². The minimum absolute atomic E-state index is 0.0821. The molecule has 1 amide bonds. The molecular formula is C15H20N2OS. The topological polar surface area (TPSA) is 41.1 Å². The molecule has 0 aromatic heterocycles. The van der Waals surface area contributed by atoms with Crippen LogP contribution in [0.3, 0.4) is 0 Å². The van der Waals surface area contributed by atoms with Crippen molar-refractivity contribution >= 4 is 23.4 Å². The number of carbonyl (C=O) groups excluding carboxylic acids is 1. The average molecular weight is 276 g/mol. The third-order valence-corrected chi connectivity index (χ3v) is 4.13. The van der Waals surface area contributed by atoms with Gasteiger partial charge < -0.3 is 10.6 Å². The van der Waals surface area contributed by atoms with Gasteiger partial charge in [-0.1, -0.05) is 24.3 Å². The molecule has 1 atom stereocenters. The minimum Gasteiger partial charge on any atom is -0.324 e. The predicted molar refractivity (Wildman–Crippen MR) is 82.7 cm³/mol. The number of carbonyl (C=O) groups is 1. The summed E-state index contributed by atoms with van der Waals surface area (Å²) in [5.74, 6) is 2.05. The third-order valence-electron chi connectivity index (χ3n) is 3.17. The summed E-state index contributed by atoms with van der Waals surface area (Å²) >= 11 is 1.82. The third kappa shape index (κ3) is 4.11. The Hall–Kier alpha value is -1.26. The number of rotatable bonds is 6. The van der Waals surface area contributed by atoms with Gasteiger partial charge in [-0.15, -0.1) is 6.58 Å². The van der Waals surface area contributed by atoms with Gasteiger partial charge in [0, 0.05) is 23.7 Å². The van der Waals surface area contributed by atoms with E-state index in [4.69, 9.17) is 0 Å². The summed E-state index contributed by atoms with van der Waals surface area (Å²) in [7, 11) is 0. The SMILES string of the molecule is C=CCSCCNC1CCc2ccccc2NC1=O. The number of hydrogen-bond acceptors (Lipinski definition) is 3. The molecule has 0 aliphatic carbocycles. The van der Waals surface area contributed by atoms with Gasteiger partial charge in [0.1, 0.15) is 0 Å². The van der Waals surface area contributed by atoms with E-state index in [9.17, 15) is 4.79 Å². The van der Waals surface area contributed by atoms with Crippen molar-refractivity contribution in [1.29, 1.82) is 0 Å². The van der Waals surface area contributed by atoms with Gasteiger partial charge in [0.15, 0.2) is 0 Å². The second-order valence-corrected chi connectivity index (χ2v) is 5.71. The maximum absolute atomic E-state index is 12.1. The number of nitrogens with one attached hydrogen (secondary N) is 2. The Bertz CT molecular complexity index is 448. The Morgan fingerprint density at radius 1 is 1.47 bits per heavy atom. The summed E-state index contributed by atoms with van der Waals surface area (Å²) in [5, 5.41) is 6.34.